The number of imide groups is 1. The van der Waals surface area contributed by atoms with Gasteiger partial charge in [0.1, 0.15) is 6.04 Å². The number of amides is 3. The normalized spacial score (nSPS) is 14.5. The van der Waals surface area contributed by atoms with Crippen LogP contribution in [0, 0.1) is 20.8 Å². The molecule has 0 unspecified atom stereocenters. The lowest BCUT2D eigenvalue weighted by molar-refractivity contribution is -0.119. The topological polar surface area (TPSA) is 66.5 Å². The van der Waals surface area contributed by atoms with Gasteiger partial charge in [0.2, 0.25) is 5.91 Å². The number of rotatable bonds is 3. The number of nitrogens with one attached hydrogen (secondary N) is 1. The molecule has 3 rings (SSSR count). The Kier molecular flexibility index (Phi) is 4.17. The predicted octanol–water partition coefficient (Wildman–Crippen LogP) is 3.24. The van der Waals surface area contributed by atoms with Crippen LogP contribution >= 0.6 is 0 Å². The van der Waals surface area contributed by atoms with Gasteiger partial charge >= 0.3 is 0 Å². The SMILES string of the molecule is Cc1cc(C)c(NC(=O)[C@H](C)N2C(=O)c3ccccc3C2=O)c(C)c1. The van der Waals surface area contributed by atoms with E-state index in [-0.39, 0.29) is 5.91 Å². The molecule has 1 aliphatic heterocycles. The van der Waals surface area contributed by atoms with Gasteiger partial charge in [-0.1, -0.05) is 29.8 Å². The molecule has 1 heterocycles. The van der Waals surface area contributed by atoms with E-state index in [1.165, 1.54) is 0 Å². The van der Waals surface area contributed by atoms with Gasteiger partial charge in [-0.25, -0.2) is 0 Å². The van der Waals surface area contributed by atoms with Crippen LogP contribution in [0.2, 0.25) is 0 Å². The summed E-state index contributed by atoms with van der Waals surface area (Å²) >= 11 is 0. The van der Waals surface area contributed by atoms with Crippen LogP contribution in [-0.2, 0) is 4.79 Å². The van der Waals surface area contributed by atoms with E-state index in [9.17, 15) is 14.4 Å². The van der Waals surface area contributed by atoms with Crippen LogP contribution in [0.1, 0.15) is 44.3 Å². The number of aryl methyl sites for hydroxylation is 3. The molecule has 1 atom stereocenters. The molecule has 0 bridgehead atoms. The van der Waals surface area contributed by atoms with Gasteiger partial charge in [-0.3, -0.25) is 19.3 Å². The first-order valence-corrected chi connectivity index (χ1v) is 8.17. The molecule has 128 valence electrons. The maximum atomic E-state index is 12.7. The summed E-state index contributed by atoms with van der Waals surface area (Å²) in [4.78, 5) is 38.7. The minimum Gasteiger partial charge on any atom is -0.324 e. The number of fused-ring (bicyclic) bond motifs is 1. The highest BCUT2D eigenvalue weighted by Crippen LogP contribution is 2.26. The average Bonchev–Trinajstić information content (AvgIpc) is 2.82. The maximum absolute atomic E-state index is 12.7. The molecule has 1 N–H and O–H groups in total. The van der Waals surface area contributed by atoms with Gasteiger partial charge in [-0.05, 0) is 51.0 Å². The standard InChI is InChI=1S/C20H20N2O3/c1-11-9-12(2)17(13(3)10-11)21-18(23)14(4)22-19(24)15-7-5-6-8-16(15)20(22)25/h5-10,14H,1-4H3,(H,21,23)/t14-/m0/s1. The fraction of sp³-hybridized carbons (Fsp3) is 0.250. The van der Waals surface area contributed by atoms with Crippen molar-refractivity contribution in [3.63, 3.8) is 0 Å². The van der Waals surface area contributed by atoms with E-state index < -0.39 is 17.9 Å². The van der Waals surface area contributed by atoms with E-state index >= 15 is 0 Å². The van der Waals surface area contributed by atoms with Gasteiger partial charge < -0.3 is 5.32 Å². The Balaban J connectivity index is 1.85. The van der Waals surface area contributed by atoms with Crippen LogP contribution in [0.4, 0.5) is 5.69 Å². The number of nitrogens with zero attached hydrogens (tertiary/aromatic N) is 1. The molecule has 25 heavy (non-hydrogen) atoms. The average molecular weight is 336 g/mol. The number of carbonyl (C=O) groups is 3. The third kappa shape index (κ3) is 2.82. The summed E-state index contributed by atoms with van der Waals surface area (Å²) in [7, 11) is 0. The molecule has 3 amide bonds. The largest absolute Gasteiger partial charge is 0.324 e. The molecular weight excluding hydrogens is 316 g/mol. The Morgan fingerprint density at radius 1 is 0.960 bits per heavy atom. The van der Waals surface area contributed by atoms with Crippen molar-refractivity contribution in [3.05, 3.63) is 64.2 Å². The Bertz CT molecular complexity index is 844. The zero-order chi connectivity index (χ0) is 18.3. The first-order valence-electron chi connectivity index (χ1n) is 8.17. The van der Waals surface area contributed by atoms with Gasteiger partial charge in [-0.15, -0.1) is 0 Å². The predicted molar refractivity (Wildman–Crippen MR) is 95.7 cm³/mol. The first kappa shape index (κ1) is 16.9. The summed E-state index contributed by atoms with van der Waals surface area (Å²) in [6.07, 6.45) is 0. The highest BCUT2D eigenvalue weighted by Gasteiger charge is 2.40. The highest BCUT2D eigenvalue weighted by atomic mass is 16.2. The number of carbonyl (C=O) groups excluding carboxylic acids is 3. The second kappa shape index (κ2) is 6.16. The zero-order valence-corrected chi connectivity index (χ0v) is 14.7. The molecule has 0 fully saturated rings. The summed E-state index contributed by atoms with van der Waals surface area (Å²) in [5.41, 5.74) is 4.41. The van der Waals surface area contributed by atoms with Crippen molar-refractivity contribution in [1.82, 2.24) is 4.90 Å². The highest BCUT2D eigenvalue weighted by molar-refractivity contribution is 6.23. The van der Waals surface area contributed by atoms with Gasteiger partial charge in [-0.2, -0.15) is 0 Å². The fourth-order valence-electron chi connectivity index (χ4n) is 3.28. The van der Waals surface area contributed by atoms with Crippen molar-refractivity contribution >= 4 is 23.4 Å². The van der Waals surface area contributed by atoms with Gasteiger partial charge in [0, 0.05) is 5.69 Å². The van der Waals surface area contributed by atoms with Gasteiger partial charge in [0.25, 0.3) is 11.8 Å². The molecule has 0 saturated heterocycles. The molecule has 0 aliphatic carbocycles. The van der Waals surface area contributed by atoms with Crippen LogP contribution in [0.5, 0.6) is 0 Å². The lowest BCUT2D eigenvalue weighted by Crippen LogP contribution is -2.45. The van der Waals surface area contributed by atoms with Crippen LogP contribution in [-0.4, -0.2) is 28.7 Å². The first-order chi connectivity index (χ1) is 11.8. The Labute approximate surface area is 146 Å². The van der Waals surface area contributed by atoms with Crippen LogP contribution < -0.4 is 5.32 Å². The number of anilines is 1. The van der Waals surface area contributed by atoms with E-state index in [0.717, 1.165) is 27.3 Å². The Morgan fingerprint density at radius 3 is 1.92 bits per heavy atom. The van der Waals surface area contributed by atoms with E-state index in [1.54, 1.807) is 31.2 Å². The van der Waals surface area contributed by atoms with E-state index in [0.29, 0.717) is 11.1 Å². The van der Waals surface area contributed by atoms with Crippen molar-refractivity contribution < 1.29 is 14.4 Å². The Hall–Kier alpha value is -2.95. The number of hydrogen-bond donors (Lipinski definition) is 1. The molecule has 0 aromatic heterocycles. The van der Waals surface area contributed by atoms with Gasteiger partial charge in [0.15, 0.2) is 0 Å². The van der Waals surface area contributed by atoms with Crippen LogP contribution in [0.15, 0.2) is 36.4 Å². The van der Waals surface area contributed by atoms with Gasteiger partial charge in [0.05, 0.1) is 11.1 Å². The quantitative estimate of drug-likeness (QED) is 0.875. The lowest BCUT2D eigenvalue weighted by Gasteiger charge is -2.23. The minimum absolute atomic E-state index is 0.342. The van der Waals surface area contributed by atoms with Crippen molar-refractivity contribution in [2.24, 2.45) is 0 Å². The van der Waals surface area contributed by atoms with Crippen molar-refractivity contribution in [2.75, 3.05) is 5.32 Å². The third-order valence-electron chi connectivity index (χ3n) is 4.52. The van der Waals surface area contributed by atoms with Crippen molar-refractivity contribution in [1.29, 1.82) is 0 Å². The fourth-order valence-corrected chi connectivity index (χ4v) is 3.28. The molecule has 2 aromatic carbocycles. The van der Waals surface area contributed by atoms with E-state index in [1.807, 2.05) is 32.9 Å². The third-order valence-corrected chi connectivity index (χ3v) is 4.52. The van der Waals surface area contributed by atoms with E-state index in [4.69, 9.17) is 0 Å². The molecule has 5 heteroatoms. The van der Waals surface area contributed by atoms with E-state index in [2.05, 4.69) is 5.32 Å². The smallest absolute Gasteiger partial charge is 0.262 e. The molecular formula is C20H20N2O3. The molecule has 5 nitrogen and oxygen atoms in total. The van der Waals surface area contributed by atoms with Crippen LogP contribution in [0.3, 0.4) is 0 Å². The maximum Gasteiger partial charge on any atom is 0.262 e. The second-order valence-electron chi connectivity index (χ2n) is 6.46. The number of hydrogen-bond acceptors (Lipinski definition) is 3. The zero-order valence-electron chi connectivity index (χ0n) is 14.7. The molecule has 0 radical (unpaired) electrons. The number of benzene rings is 2. The van der Waals surface area contributed by atoms with Crippen LogP contribution in [0.25, 0.3) is 0 Å². The summed E-state index contributed by atoms with van der Waals surface area (Å²) in [6.45, 7) is 7.40. The summed E-state index contributed by atoms with van der Waals surface area (Å²) in [5.74, 6) is -1.24. The summed E-state index contributed by atoms with van der Waals surface area (Å²) < 4.78 is 0. The molecule has 2 aromatic rings. The lowest BCUT2D eigenvalue weighted by atomic mass is 10.0. The summed E-state index contributed by atoms with van der Waals surface area (Å²) in [5, 5.41) is 2.87. The van der Waals surface area contributed by atoms with Crippen molar-refractivity contribution in [3.8, 4) is 0 Å². The molecule has 0 spiro atoms. The summed E-state index contributed by atoms with van der Waals surface area (Å²) in [6, 6.07) is 9.69. The molecule has 0 saturated carbocycles. The monoisotopic (exact) mass is 336 g/mol. The minimum atomic E-state index is -0.896. The van der Waals surface area contributed by atoms with Crippen molar-refractivity contribution in [2.45, 2.75) is 33.7 Å². The molecule has 1 aliphatic rings. The second-order valence-corrected chi connectivity index (χ2v) is 6.46. The Morgan fingerprint density at radius 2 is 1.44 bits per heavy atom.